The molecule has 0 bridgehead atoms. The van der Waals surface area contributed by atoms with Crippen LogP contribution in [0.2, 0.25) is 0 Å². The quantitative estimate of drug-likeness (QED) is 0.692. The summed E-state index contributed by atoms with van der Waals surface area (Å²) in [4.78, 5) is 23.7. The van der Waals surface area contributed by atoms with Gasteiger partial charge in [0, 0.05) is 30.4 Å². The molecule has 1 atom stereocenters. The van der Waals surface area contributed by atoms with Gasteiger partial charge >= 0.3 is 5.97 Å². The highest BCUT2D eigenvalue weighted by atomic mass is 16.6. The number of carbonyl (C=O) groups is 1. The monoisotopic (exact) mass is 312 g/mol. The minimum Gasteiger partial charge on any atom is -0.478 e. The van der Waals surface area contributed by atoms with Crippen LogP contribution in [0.25, 0.3) is 0 Å². The second-order valence-corrected chi connectivity index (χ2v) is 5.76. The third-order valence-electron chi connectivity index (χ3n) is 4.16. The predicted octanol–water partition coefficient (Wildman–Crippen LogP) is 3.24. The zero-order chi connectivity index (χ0) is 16.6. The number of rotatable bonds is 4. The molecule has 1 N–H and O–H groups in total. The maximum absolute atomic E-state index is 11.1. The Bertz CT molecular complexity index is 788. The van der Waals surface area contributed by atoms with Crippen molar-refractivity contribution in [3.63, 3.8) is 0 Å². The third kappa shape index (κ3) is 2.88. The van der Waals surface area contributed by atoms with Crippen LogP contribution < -0.4 is 4.90 Å². The number of aromatic carboxylic acids is 1. The summed E-state index contributed by atoms with van der Waals surface area (Å²) in [7, 11) is 0. The fourth-order valence-electron chi connectivity index (χ4n) is 3.03. The molecule has 0 aliphatic carbocycles. The minimum absolute atomic E-state index is 0.0794. The Morgan fingerprint density at radius 3 is 2.83 bits per heavy atom. The number of nitro benzene ring substituents is 1. The van der Waals surface area contributed by atoms with Gasteiger partial charge < -0.3 is 10.0 Å². The maximum Gasteiger partial charge on any atom is 0.335 e. The molecule has 3 rings (SSSR count). The van der Waals surface area contributed by atoms with E-state index in [0.29, 0.717) is 6.54 Å². The summed E-state index contributed by atoms with van der Waals surface area (Å²) in [6.45, 7) is 2.63. The van der Waals surface area contributed by atoms with E-state index in [0.717, 1.165) is 23.2 Å². The van der Waals surface area contributed by atoms with Crippen LogP contribution in [0.5, 0.6) is 0 Å². The lowest BCUT2D eigenvalue weighted by Crippen LogP contribution is -2.28. The number of hydrogen-bond acceptors (Lipinski definition) is 4. The van der Waals surface area contributed by atoms with Crippen molar-refractivity contribution >= 4 is 17.3 Å². The van der Waals surface area contributed by atoms with E-state index in [-0.39, 0.29) is 17.3 Å². The van der Waals surface area contributed by atoms with Crippen LogP contribution in [0.3, 0.4) is 0 Å². The molecule has 1 unspecified atom stereocenters. The Labute approximate surface area is 133 Å². The van der Waals surface area contributed by atoms with Gasteiger partial charge in [0.05, 0.1) is 10.5 Å². The summed E-state index contributed by atoms with van der Waals surface area (Å²) in [5, 5.41) is 20.0. The molecule has 1 aliphatic heterocycles. The molecule has 0 amide bonds. The fraction of sp³-hybridized carbons (Fsp3) is 0.235. The fourth-order valence-corrected chi connectivity index (χ4v) is 3.03. The summed E-state index contributed by atoms with van der Waals surface area (Å²) < 4.78 is 0. The molecule has 2 aromatic carbocycles. The van der Waals surface area contributed by atoms with Gasteiger partial charge in [0.25, 0.3) is 5.69 Å². The first-order chi connectivity index (χ1) is 11.0. The van der Waals surface area contributed by atoms with E-state index in [1.807, 2.05) is 12.1 Å². The van der Waals surface area contributed by atoms with Crippen LogP contribution in [0.15, 0.2) is 42.5 Å². The molecule has 0 saturated heterocycles. The van der Waals surface area contributed by atoms with E-state index in [4.69, 9.17) is 5.11 Å². The average Bonchev–Trinajstić information content (AvgIpc) is 2.82. The van der Waals surface area contributed by atoms with Crippen molar-refractivity contribution in [3.05, 3.63) is 69.3 Å². The molecule has 23 heavy (non-hydrogen) atoms. The van der Waals surface area contributed by atoms with Crippen molar-refractivity contribution < 1.29 is 14.8 Å². The smallest absolute Gasteiger partial charge is 0.335 e. The highest BCUT2D eigenvalue weighted by Gasteiger charge is 2.27. The molecule has 0 fully saturated rings. The molecule has 6 nitrogen and oxygen atoms in total. The van der Waals surface area contributed by atoms with Crippen molar-refractivity contribution in [1.29, 1.82) is 0 Å². The van der Waals surface area contributed by atoms with Crippen LogP contribution in [-0.2, 0) is 13.0 Å². The van der Waals surface area contributed by atoms with Gasteiger partial charge in [-0.2, -0.15) is 0 Å². The summed E-state index contributed by atoms with van der Waals surface area (Å²) in [5.41, 5.74) is 3.22. The zero-order valence-electron chi connectivity index (χ0n) is 12.6. The topological polar surface area (TPSA) is 83.7 Å². The summed E-state index contributed by atoms with van der Waals surface area (Å²) in [6.07, 6.45) is 0.769. The predicted molar refractivity (Wildman–Crippen MR) is 85.8 cm³/mol. The Balaban J connectivity index is 1.89. The molecule has 0 saturated carbocycles. The van der Waals surface area contributed by atoms with Gasteiger partial charge in [0.1, 0.15) is 0 Å². The lowest BCUT2D eigenvalue weighted by Gasteiger charge is -2.25. The van der Waals surface area contributed by atoms with E-state index in [2.05, 4.69) is 11.8 Å². The van der Waals surface area contributed by atoms with E-state index in [1.165, 1.54) is 6.07 Å². The number of anilines is 1. The number of nitro groups is 1. The maximum atomic E-state index is 11.1. The average molecular weight is 312 g/mol. The molecule has 2 aromatic rings. The first-order valence-corrected chi connectivity index (χ1v) is 7.32. The summed E-state index contributed by atoms with van der Waals surface area (Å²) >= 11 is 0. The molecular weight excluding hydrogens is 296 g/mol. The van der Waals surface area contributed by atoms with Gasteiger partial charge in [-0.1, -0.05) is 12.1 Å². The van der Waals surface area contributed by atoms with E-state index >= 15 is 0 Å². The molecule has 0 aromatic heterocycles. The largest absolute Gasteiger partial charge is 0.478 e. The number of non-ortho nitro benzene ring substituents is 1. The van der Waals surface area contributed by atoms with Gasteiger partial charge in [0.2, 0.25) is 0 Å². The van der Waals surface area contributed by atoms with Gasteiger partial charge in [-0.15, -0.1) is 0 Å². The lowest BCUT2D eigenvalue weighted by molar-refractivity contribution is -0.384. The highest BCUT2D eigenvalue weighted by molar-refractivity contribution is 5.89. The van der Waals surface area contributed by atoms with Crippen LogP contribution in [0, 0.1) is 10.1 Å². The Morgan fingerprint density at radius 2 is 2.13 bits per heavy atom. The number of nitrogens with zero attached hydrogens (tertiary/aromatic N) is 2. The molecule has 6 heteroatoms. The Morgan fingerprint density at radius 1 is 1.35 bits per heavy atom. The molecule has 0 radical (unpaired) electrons. The Hall–Kier alpha value is -2.89. The SMILES string of the molecule is CC1Cc2cc(C(=O)O)ccc2N1Cc1cccc([N+](=O)[O-])c1. The number of fused-ring (bicyclic) bond motifs is 1. The summed E-state index contributed by atoms with van der Waals surface area (Å²) in [6, 6.07) is 11.9. The first-order valence-electron chi connectivity index (χ1n) is 7.32. The number of hydrogen-bond donors (Lipinski definition) is 1. The van der Waals surface area contributed by atoms with E-state index < -0.39 is 10.9 Å². The van der Waals surface area contributed by atoms with Crippen molar-refractivity contribution in [3.8, 4) is 0 Å². The Kier molecular flexibility index (Phi) is 3.73. The van der Waals surface area contributed by atoms with Crippen LogP contribution in [0.4, 0.5) is 11.4 Å². The van der Waals surface area contributed by atoms with E-state index in [1.54, 1.807) is 24.3 Å². The van der Waals surface area contributed by atoms with Crippen molar-refractivity contribution in [2.75, 3.05) is 4.90 Å². The van der Waals surface area contributed by atoms with E-state index in [9.17, 15) is 14.9 Å². The molecule has 118 valence electrons. The number of carboxylic acids is 1. The van der Waals surface area contributed by atoms with Crippen molar-refractivity contribution in [2.24, 2.45) is 0 Å². The second kappa shape index (κ2) is 5.72. The minimum atomic E-state index is -0.933. The second-order valence-electron chi connectivity index (χ2n) is 5.76. The van der Waals surface area contributed by atoms with Crippen LogP contribution in [-0.4, -0.2) is 22.0 Å². The van der Waals surface area contributed by atoms with Crippen molar-refractivity contribution in [1.82, 2.24) is 0 Å². The van der Waals surface area contributed by atoms with Gasteiger partial charge in [-0.25, -0.2) is 4.79 Å². The van der Waals surface area contributed by atoms with Crippen LogP contribution >= 0.6 is 0 Å². The first kappa shape index (κ1) is 15.0. The van der Waals surface area contributed by atoms with Crippen molar-refractivity contribution in [2.45, 2.75) is 25.9 Å². The number of carboxylic acid groups (broad SMARTS) is 1. The highest BCUT2D eigenvalue weighted by Crippen LogP contribution is 2.34. The molecule has 0 spiro atoms. The van der Waals surface area contributed by atoms with Gasteiger partial charge in [-0.05, 0) is 42.7 Å². The molecule has 1 heterocycles. The standard InChI is InChI=1S/C17H16N2O4/c1-11-7-14-9-13(17(20)21)5-6-16(14)18(11)10-12-3-2-4-15(8-12)19(22)23/h2-6,8-9,11H,7,10H2,1H3,(H,20,21). The zero-order valence-corrected chi connectivity index (χ0v) is 12.6. The summed E-state index contributed by atoms with van der Waals surface area (Å²) in [5.74, 6) is -0.933. The number of benzene rings is 2. The van der Waals surface area contributed by atoms with Gasteiger partial charge in [-0.3, -0.25) is 10.1 Å². The third-order valence-corrected chi connectivity index (χ3v) is 4.16. The normalized spacial score (nSPS) is 16.2. The van der Waals surface area contributed by atoms with Gasteiger partial charge in [0.15, 0.2) is 0 Å². The molecule has 1 aliphatic rings. The molecular formula is C17H16N2O4. The lowest BCUT2D eigenvalue weighted by atomic mass is 10.1. The van der Waals surface area contributed by atoms with Crippen LogP contribution in [0.1, 0.15) is 28.4 Å².